The van der Waals surface area contributed by atoms with Crippen LogP contribution < -0.4 is 16.4 Å². The van der Waals surface area contributed by atoms with Crippen molar-refractivity contribution in [1.82, 2.24) is 10.6 Å². The zero-order valence-electron chi connectivity index (χ0n) is 9.20. The highest BCUT2D eigenvalue weighted by molar-refractivity contribution is 9.08. The molecule has 0 bridgehead atoms. The number of urea groups is 1. The van der Waals surface area contributed by atoms with Gasteiger partial charge in [-0.1, -0.05) is 28.1 Å². The highest BCUT2D eigenvalue weighted by atomic mass is 79.9. The van der Waals surface area contributed by atoms with Crippen LogP contribution in [0.4, 0.5) is 4.79 Å². The maximum Gasteiger partial charge on any atom is 0.312 e. The number of primary amides is 1. The van der Waals surface area contributed by atoms with Crippen molar-refractivity contribution in [1.29, 1.82) is 0 Å². The lowest BCUT2D eigenvalue weighted by Crippen LogP contribution is -2.37. The summed E-state index contributed by atoms with van der Waals surface area (Å²) >= 11 is 3.33. The van der Waals surface area contributed by atoms with E-state index in [4.69, 9.17) is 5.73 Å². The van der Waals surface area contributed by atoms with E-state index < -0.39 is 6.03 Å². The fourth-order valence-electron chi connectivity index (χ4n) is 1.21. The second kappa shape index (κ2) is 6.90. The monoisotopic (exact) mass is 299 g/mol. The van der Waals surface area contributed by atoms with E-state index in [1.807, 2.05) is 12.1 Å². The molecular formula is C11H14BrN3O2. The molecule has 0 atom stereocenters. The van der Waals surface area contributed by atoms with Crippen LogP contribution in [0.25, 0.3) is 0 Å². The van der Waals surface area contributed by atoms with E-state index in [-0.39, 0.29) is 5.91 Å². The SMILES string of the molecule is NC(=O)NCCNC(=O)c1ccc(CBr)cc1. The summed E-state index contributed by atoms with van der Waals surface area (Å²) < 4.78 is 0. The number of halogens is 1. The molecule has 0 aliphatic carbocycles. The van der Waals surface area contributed by atoms with E-state index in [2.05, 4.69) is 26.6 Å². The quantitative estimate of drug-likeness (QED) is 0.559. The van der Waals surface area contributed by atoms with Crippen molar-refractivity contribution in [3.05, 3.63) is 35.4 Å². The summed E-state index contributed by atoms with van der Waals surface area (Å²) in [6, 6.07) is 6.68. The molecule has 0 saturated carbocycles. The number of benzene rings is 1. The predicted octanol–water partition coefficient (Wildman–Crippen LogP) is 0.980. The standard InChI is InChI=1S/C11H14BrN3O2/c12-7-8-1-3-9(4-2-8)10(16)14-5-6-15-11(13)17/h1-4H,5-7H2,(H,14,16)(H3,13,15,17). The summed E-state index contributed by atoms with van der Waals surface area (Å²) in [4.78, 5) is 22.0. The summed E-state index contributed by atoms with van der Waals surface area (Å²) in [6.45, 7) is 0.669. The Bertz CT molecular complexity index is 392. The zero-order chi connectivity index (χ0) is 12.7. The van der Waals surface area contributed by atoms with E-state index in [1.54, 1.807) is 12.1 Å². The third kappa shape index (κ3) is 4.86. The van der Waals surface area contributed by atoms with E-state index in [0.717, 1.165) is 10.9 Å². The first-order valence-corrected chi connectivity index (χ1v) is 6.22. The molecule has 0 aliphatic heterocycles. The first-order chi connectivity index (χ1) is 8.13. The van der Waals surface area contributed by atoms with Crippen LogP contribution in [0.2, 0.25) is 0 Å². The summed E-state index contributed by atoms with van der Waals surface area (Å²) in [7, 11) is 0. The third-order valence-corrected chi connectivity index (χ3v) is 2.73. The molecule has 1 aromatic carbocycles. The fraction of sp³-hybridized carbons (Fsp3) is 0.273. The number of rotatable bonds is 5. The number of carbonyl (C=O) groups excluding carboxylic acids is 2. The molecule has 0 heterocycles. The van der Waals surface area contributed by atoms with Crippen molar-refractivity contribution < 1.29 is 9.59 Å². The van der Waals surface area contributed by atoms with Gasteiger partial charge in [0, 0.05) is 24.0 Å². The lowest BCUT2D eigenvalue weighted by molar-refractivity contribution is 0.0954. The molecule has 0 saturated heterocycles. The Hall–Kier alpha value is -1.56. The number of hydrogen-bond acceptors (Lipinski definition) is 2. The third-order valence-electron chi connectivity index (χ3n) is 2.08. The van der Waals surface area contributed by atoms with Gasteiger partial charge in [-0.05, 0) is 17.7 Å². The van der Waals surface area contributed by atoms with Crippen molar-refractivity contribution in [3.8, 4) is 0 Å². The molecule has 3 amide bonds. The van der Waals surface area contributed by atoms with E-state index >= 15 is 0 Å². The van der Waals surface area contributed by atoms with Gasteiger partial charge in [0.1, 0.15) is 0 Å². The van der Waals surface area contributed by atoms with Crippen LogP contribution in [0.5, 0.6) is 0 Å². The number of alkyl halides is 1. The largest absolute Gasteiger partial charge is 0.352 e. The Morgan fingerprint density at radius 3 is 2.24 bits per heavy atom. The molecule has 17 heavy (non-hydrogen) atoms. The molecule has 92 valence electrons. The molecule has 1 rings (SSSR count). The minimum Gasteiger partial charge on any atom is -0.352 e. The zero-order valence-corrected chi connectivity index (χ0v) is 10.8. The molecule has 0 unspecified atom stereocenters. The molecule has 0 aromatic heterocycles. The van der Waals surface area contributed by atoms with Crippen molar-refractivity contribution >= 4 is 27.9 Å². The Morgan fingerprint density at radius 1 is 1.12 bits per heavy atom. The molecular weight excluding hydrogens is 286 g/mol. The van der Waals surface area contributed by atoms with Gasteiger partial charge in [0.05, 0.1) is 0 Å². The second-order valence-corrected chi connectivity index (χ2v) is 3.94. The predicted molar refractivity (Wildman–Crippen MR) is 69.0 cm³/mol. The molecule has 1 aromatic rings. The van der Waals surface area contributed by atoms with Crippen LogP contribution in [0.1, 0.15) is 15.9 Å². The molecule has 0 aliphatic rings. The maximum absolute atomic E-state index is 11.6. The smallest absolute Gasteiger partial charge is 0.312 e. The summed E-state index contributed by atoms with van der Waals surface area (Å²) in [5.74, 6) is -0.169. The highest BCUT2D eigenvalue weighted by Crippen LogP contribution is 2.07. The van der Waals surface area contributed by atoms with E-state index in [1.165, 1.54) is 0 Å². The molecule has 0 spiro atoms. The average Bonchev–Trinajstić information content (AvgIpc) is 2.34. The number of carbonyl (C=O) groups is 2. The van der Waals surface area contributed by atoms with Gasteiger partial charge in [-0.3, -0.25) is 4.79 Å². The van der Waals surface area contributed by atoms with Gasteiger partial charge in [0.25, 0.3) is 5.91 Å². The Labute approximate surface area is 108 Å². The van der Waals surface area contributed by atoms with E-state index in [0.29, 0.717) is 18.7 Å². The van der Waals surface area contributed by atoms with Gasteiger partial charge in [-0.15, -0.1) is 0 Å². The minimum absolute atomic E-state index is 0.169. The van der Waals surface area contributed by atoms with Crippen molar-refractivity contribution in [2.24, 2.45) is 5.73 Å². The van der Waals surface area contributed by atoms with Crippen molar-refractivity contribution in [2.75, 3.05) is 13.1 Å². The Balaban J connectivity index is 2.38. The number of nitrogens with one attached hydrogen (secondary N) is 2. The van der Waals surface area contributed by atoms with Crippen molar-refractivity contribution in [2.45, 2.75) is 5.33 Å². The van der Waals surface area contributed by atoms with Crippen LogP contribution in [0.3, 0.4) is 0 Å². The molecule has 4 N–H and O–H groups in total. The summed E-state index contributed by atoms with van der Waals surface area (Å²) in [5, 5.41) is 5.82. The first kappa shape index (κ1) is 13.5. The molecule has 0 radical (unpaired) electrons. The van der Waals surface area contributed by atoms with Crippen LogP contribution in [0.15, 0.2) is 24.3 Å². The van der Waals surface area contributed by atoms with Crippen LogP contribution in [-0.2, 0) is 5.33 Å². The first-order valence-electron chi connectivity index (χ1n) is 5.10. The number of hydrogen-bond donors (Lipinski definition) is 3. The van der Waals surface area contributed by atoms with Gasteiger partial charge < -0.3 is 16.4 Å². The second-order valence-electron chi connectivity index (χ2n) is 3.38. The van der Waals surface area contributed by atoms with E-state index in [9.17, 15) is 9.59 Å². The lowest BCUT2D eigenvalue weighted by Gasteiger charge is -2.05. The fourth-order valence-corrected chi connectivity index (χ4v) is 1.58. The normalized spacial score (nSPS) is 9.71. The summed E-state index contributed by atoms with van der Waals surface area (Å²) in [5.41, 5.74) is 6.58. The average molecular weight is 300 g/mol. The molecule has 6 heteroatoms. The number of nitrogens with two attached hydrogens (primary N) is 1. The Morgan fingerprint density at radius 2 is 1.71 bits per heavy atom. The summed E-state index contributed by atoms with van der Waals surface area (Å²) in [6.07, 6.45) is 0. The Kier molecular flexibility index (Phi) is 5.48. The van der Waals surface area contributed by atoms with Crippen LogP contribution in [0, 0.1) is 0 Å². The van der Waals surface area contributed by atoms with Gasteiger partial charge >= 0.3 is 6.03 Å². The topological polar surface area (TPSA) is 84.2 Å². The lowest BCUT2D eigenvalue weighted by atomic mass is 10.1. The van der Waals surface area contributed by atoms with Gasteiger partial charge in [0.2, 0.25) is 0 Å². The molecule has 0 fully saturated rings. The molecule has 5 nitrogen and oxygen atoms in total. The van der Waals surface area contributed by atoms with Gasteiger partial charge in [-0.25, -0.2) is 4.79 Å². The van der Waals surface area contributed by atoms with Crippen molar-refractivity contribution in [3.63, 3.8) is 0 Å². The van der Waals surface area contributed by atoms with Gasteiger partial charge in [0.15, 0.2) is 0 Å². The minimum atomic E-state index is -0.596. The highest BCUT2D eigenvalue weighted by Gasteiger charge is 2.04. The van der Waals surface area contributed by atoms with Crippen LogP contribution in [-0.4, -0.2) is 25.0 Å². The number of amides is 3. The maximum atomic E-state index is 11.6. The van der Waals surface area contributed by atoms with Gasteiger partial charge in [-0.2, -0.15) is 0 Å². The van der Waals surface area contributed by atoms with Crippen LogP contribution >= 0.6 is 15.9 Å².